The van der Waals surface area contributed by atoms with Crippen LogP contribution in [-0.4, -0.2) is 20.3 Å². The molecule has 0 spiro atoms. The van der Waals surface area contributed by atoms with Crippen LogP contribution < -0.4 is 5.32 Å². The van der Waals surface area contributed by atoms with Gasteiger partial charge < -0.3 is 10.1 Å². The molecule has 1 aliphatic heterocycles. The minimum Gasteiger partial charge on any atom is -0.381 e. The normalized spacial score (nSPS) is 23.6. The van der Waals surface area contributed by atoms with E-state index in [-0.39, 0.29) is 0 Å². The van der Waals surface area contributed by atoms with E-state index in [1.807, 2.05) is 7.05 Å². The third-order valence-corrected chi connectivity index (χ3v) is 2.91. The van der Waals surface area contributed by atoms with Gasteiger partial charge in [0.15, 0.2) is 0 Å². The summed E-state index contributed by atoms with van der Waals surface area (Å²) >= 11 is 0. The molecule has 0 bridgehead atoms. The molecule has 0 saturated carbocycles. The highest BCUT2D eigenvalue weighted by molar-refractivity contribution is 5.19. The highest BCUT2D eigenvalue weighted by Crippen LogP contribution is 2.27. The van der Waals surface area contributed by atoms with Gasteiger partial charge in [0.2, 0.25) is 0 Å². The van der Waals surface area contributed by atoms with Gasteiger partial charge >= 0.3 is 0 Å². The van der Waals surface area contributed by atoms with Gasteiger partial charge in [-0.2, -0.15) is 0 Å². The first-order valence-corrected chi connectivity index (χ1v) is 5.22. The summed E-state index contributed by atoms with van der Waals surface area (Å²) in [6, 6.07) is 11.0. The second kappa shape index (κ2) is 4.58. The van der Waals surface area contributed by atoms with E-state index in [1.165, 1.54) is 12.0 Å². The number of ether oxygens (including phenoxy) is 1. The minimum atomic E-state index is 0.443. The van der Waals surface area contributed by atoms with E-state index in [0.717, 1.165) is 13.2 Å². The van der Waals surface area contributed by atoms with Crippen molar-refractivity contribution in [1.82, 2.24) is 5.32 Å². The lowest BCUT2D eigenvalue weighted by atomic mass is 9.93. The van der Waals surface area contributed by atoms with E-state index in [9.17, 15) is 0 Å². The maximum absolute atomic E-state index is 5.42. The van der Waals surface area contributed by atoms with Crippen molar-refractivity contribution in [2.24, 2.45) is 5.92 Å². The van der Waals surface area contributed by atoms with Crippen molar-refractivity contribution in [2.75, 3.05) is 20.3 Å². The lowest BCUT2D eigenvalue weighted by molar-refractivity contribution is 0.178. The minimum absolute atomic E-state index is 0.443. The van der Waals surface area contributed by atoms with Crippen LogP contribution in [0.25, 0.3) is 0 Å². The smallest absolute Gasteiger partial charge is 0.0513 e. The van der Waals surface area contributed by atoms with Crippen molar-refractivity contribution in [3.05, 3.63) is 35.9 Å². The van der Waals surface area contributed by atoms with Crippen molar-refractivity contribution in [3.8, 4) is 0 Å². The van der Waals surface area contributed by atoms with Crippen LogP contribution in [0, 0.1) is 5.92 Å². The van der Waals surface area contributed by atoms with Crippen LogP contribution in [0.5, 0.6) is 0 Å². The largest absolute Gasteiger partial charge is 0.381 e. The molecule has 0 aliphatic carbocycles. The lowest BCUT2D eigenvalue weighted by Gasteiger charge is -2.22. The van der Waals surface area contributed by atoms with Crippen LogP contribution in [0.4, 0.5) is 0 Å². The zero-order valence-electron chi connectivity index (χ0n) is 8.57. The maximum atomic E-state index is 5.42. The maximum Gasteiger partial charge on any atom is 0.0513 e. The van der Waals surface area contributed by atoms with Crippen LogP contribution in [0.15, 0.2) is 30.3 Å². The Kier molecular flexibility index (Phi) is 3.17. The van der Waals surface area contributed by atoms with Crippen molar-refractivity contribution >= 4 is 0 Å². The predicted octanol–water partition coefficient (Wildman–Crippen LogP) is 1.98. The molecule has 1 aliphatic rings. The van der Waals surface area contributed by atoms with Crippen LogP contribution in [0.3, 0.4) is 0 Å². The van der Waals surface area contributed by atoms with E-state index in [1.54, 1.807) is 0 Å². The van der Waals surface area contributed by atoms with Crippen LogP contribution in [0.1, 0.15) is 18.0 Å². The molecule has 1 aromatic rings. The fourth-order valence-electron chi connectivity index (χ4n) is 2.15. The zero-order valence-corrected chi connectivity index (χ0v) is 8.57. The lowest BCUT2D eigenvalue weighted by Crippen LogP contribution is -2.25. The molecular weight excluding hydrogens is 174 g/mol. The molecule has 1 saturated heterocycles. The molecule has 2 atom stereocenters. The average Bonchev–Trinajstić information content (AvgIpc) is 2.74. The first-order chi connectivity index (χ1) is 6.92. The predicted molar refractivity (Wildman–Crippen MR) is 57.2 cm³/mol. The Morgan fingerprint density at radius 1 is 1.36 bits per heavy atom. The number of rotatable bonds is 3. The zero-order chi connectivity index (χ0) is 9.80. The van der Waals surface area contributed by atoms with Crippen molar-refractivity contribution in [3.63, 3.8) is 0 Å². The van der Waals surface area contributed by atoms with Crippen LogP contribution in [0.2, 0.25) is 0 Å². The standard InChI is InChI=1S/C12H17NO/c1-13-12(11-7-8-14-9-11)10-5-3-2-4-6-10/h2-6,11-13H,7-9H2,1H3. The van der Waals surface area contributed by atoms with Gasteiger partial charge in [-0.15, -0.1) is 0 Å². The first kappa shape index (κ1) is 9.69. The highest BCUT2D eigenvalue weighted by atomic mass is 16.5. The van der Waals surface area contributed by atoms with Gasteiger partial charge in [0, 0.05) is 18.6 Å². The van der Waals surface area contributed by atoms with Crippen molar-refractivity contribution in [2.45, 2.75) is 12.5 Å². The summed E-state index contributed by atoms with van der Waals surface area (Å²) in [6.07, 6.45) is 1.17. The summed E-state index contributed by atoms with van der Waals surface area (Å²) in [5.41, 5.74) is 1.37. The molecule has 2 rings (SSSR count). The fourth-order valence-corrected chi connectivity index (χ4v) is 2.15. The molecule has 0 aromatic heterocycles. The summed E-state index contributed by atoms with van der Waals surface area (Å²) in [5.74, 6) is 0.627. The number of hydrogen-bond acceptors (Lipinski definition) is 2. The van der Waals surface area contributed by atoms with Crippen LogP contribution >= 0.6 is 0 Å². The number of hydrogen-bond donors (Lipinski definition) is 1. The molecule has 0 amide bonds. The van der Waals surface area contributed by atoms with Gasteiger partial charge in [-0.1, -0.05) is 30.3 Å². The van der Waals surface area contributed by atoms with E-state index in [4.69, 9.17) is 4.74 Å². The van der Waals surface area contributed by atoms with Gasteiger partial charge in [-0.05, 0) is 19.0 Å². The molecule has 1 heterocycles. The average molecular weight is 191 g/mol. The third-order valence-electron chi connectivity index (χ3n) is 2.91. The van der Waals surface area contributed by atoms with Crippen molar-refractivity contribution < 1.29 is 4.74 Å². The van der Waals surface area contributed by atoms with Crippen molar-refractivity contribution in [1.29, 1.82) is 0 Å². The third kappa shape index (κ3) is 1.97. The second-order valence-corrected chi connectivity index (χ2v) is 3.80. The topological polar surface area (TPSA) is 21.3 Å². The molecule has 0 radical (unpaired) electrons. The Morgan fingerprint density at radius 3 is 2.71 bits per heavy atom. The highest BCUT2D eigenvalue weighted by Gasteiger charge is 2.25. The van der Waals surface area contributed by atoms with Gasteiger partial charge in [0.05, 0.1) is 6.61 Å². The van der Waals surface area contributed by atoms with Gasteiger partial charge in [-0.25, -0.2) is 0 Å². The van der Waals surface area contributed by atoms with Gasteiger partial charge in [0.1, 0.15) is 0 Å². The molecule has 1 N–H and O–H groups in total. The fraction of sp³-hybridized carbons (Fsp3) is 0.500. The van der Waals surface area contributed by atoms with Gasteiger partial charge in [-0.3, -0.25) is 0 Å². The summed E-state index contributed by atoms with van der Waals surface area (Å²) in [6.45, 7) is 1.80. The number of benzene rings is 1. The molecule has 1 fully saturated rings. The summed E-state index contributed by atoms with van der Waals surface area (Å²) in [4.78, 5) is 0. The number of nitrogens with one attached hydrogen (secondary N) is 1. The first-order valence-electron chi connectivity index (χ1n) is 5.22. The molecule has 1 aromatic carbocycles. The monoisotopic (exact) mass is 191 g/mol. The van der Waals surface area contributed by atoms with E-state index in [2.05, 4.69) is 35.6 Å². The Morgan fingerprint density at radius 2 is 2.14 bits per heavy atom. The second-order valence-electron chi connectivity index (χ2n) is 3.80. The quantitative estimate of drug-likeness (QED) is 0.789. The molecule has 2 unspecified atom stereocenters. The Bertz CT molecular complexity index is 267. The molecule has 14 heavy (non-hydrogen) atoms. The molecule has 2 heteroatoms. The Hall–Kier alpha value is -0.860. The molecular formula is C12H17NO. The Balaban J connectivity index is 2.12. The summed E-state index contributed by atoms with van der Waals surface area (Å²) in [5, 5.41) is 3.38. The molecule has 76 valence electrons. The van der Waals surface area contributed by atoms with Crippen LogP contribution in [-0.2, 0) is 4.74 Å². The van der Waals surface area contributed by atoms with Gasteiger partial charge in [0.25, 0.3) is 0 Å². The SMILES string of the molecule is CNC(c1ccccc1)C1CCOC1. The van der Waals surface area contributed by atoms with E-state index < -0.39 is 0 Å². The Labute approximate surface area is 85.3 Å². The van der Waals surface area contributed by atoms with E-state index >= 15 is 0 Å². The summed E-state index contributed by atoms with van der Waals surface area (Å²) in [7, 11) is 2.02. The summed E-state index contributed by atoms with van der Waals surface area (Å²) < 4.78 is 5.42. The molecule has 2 nitrogen and oxygen atoms in total. The van der Waals surface area contributed by atoms with E-state index in [0.29, 0.717) is 12.0 Å².